The maximum atomic E-state index is 3.73. The first-order valence-electron chi connectivity index (χ1n) is 7.16. The molecular formula is C16H27N. The van der Waals surface area contributed by atoms with Crippen LogP contribution in [-0.2, 0) is 6.42 Å². The van der Waals surface area contributed by atoms with E-state index in [0.29, 0.717) is 6.04 Å². The summed E-state index contributed by atoms with van der Waals surface area (Å²) < 4.78 is 0. The van der Waals surface area contributed by atoms with E-state index in [2.05, 4.69) is 50.4 Å². The molecule has 0 spiro atoms. The van der Waals surface area contributed by atoms with E-state index in [1.807, 2.05) is 0 Å². The number of hydrogen-bond acceptors (Lipinski definition) is 1. The van der Waals surface area contributed by atoms with E-state index in [1.165, 1.54) is 43.4 Å². The summed E-state index contributed by atoms with van der Waals surface area (Å²) in [5, 5.41) is 3.73. The average molecular weight is 233 g/mol. The molecule has 0 aliphatic rings. The predicted octanol–water partition coefficient (Wildman–Crippen LogP) is 5.02. The number of benzene rings is 1. The molecule has 1 aromatic rings. The fourth-order valence-electron chi connectivity index (χ4n) is 2.28. The van der Waals surface area contributed by atoms with Crippen LogP contribution < -0.4 is 5.32 Å². The normalized spacial score (nSPS) is 12.4. The first-order chi connectivity index (χ1) is 8.31. The Kier molecular flexibility index (Phi) is 6.76. The van der Waals surface area contributed by atoms with Gasteiger partial charge in [-0.05, 0) is 30.9 Å². The molecule has 1 N–H and O–H groups in total. The summed E-state index contributed by atoms with van der Waals surface area (Å²) in [5.41, 5.74) is 2.77. The number of unbranched alkanes of at least 4 members (excludes halogenated alkanes) is 1. The minimum Gasteiger partial charge on any atom is -0.382 e. The molecule has 96 valence electrons. The van der Waals surface area contributed by atoms with Gasteiger partial charge in [0.15, 0.2) is 0 Å². The van der Waals surface area contributed by atoms with E-state index in [9.17, 15) is 0 Å². The third-order valence-electron chi connectivity index (χ3n) is 3.30. The third kappa shape index (κ3) is 4.80. The van der Waals surface area contributed by atoms with Crippen molar-refractivity contribution in [3.8, 4) is 0 Å². The molecule has 0 saturated carbocycles. The maximum Gasteiger partial charge on any atom is 0.0374 e. The molecule has 1 rings (SSSR count). The van der Waals surface area contributed by atoms with Crippen molar-refractivity contribution in [2.24, 2.45) is 0 Å². The van der Waals surface area contributed by atoms with Crippen LogP contribution in [0.2, 0.25) is 0 Å². The van der Waals surface area contributed by atoms with Crippen LogP contribution in [-0.4, -0.2) is 6.04 Å². The van der Waals surface area contributed by atoms with E-state index in [0.717, 1.165) is 6.42 Å². The Morgan fingerprint density at radius 3 is 2.41 bits per heavy atom. The topological polar surface area (TPSA) is 12.0 Å². The molecule has 1 heteroatoms. The van der Waals surface area contributed by atoms with E-state index >= 15 is 0 Å². The minimum absolute atomic E-state index is 0.646. The first-order valence-corrected chi connectivity index (χ1v) is 7.16. The van der Waals surface area contributed by atoms with Gasteiger partial charge >= 0.3 is 0 Å². The van der Waals surface area contributed by atoms with Crippen LogP contribution in [0.5, 0.6) is 0 Å². The van der Waals surface area contributed by atoms with Gasteiger partial charge in [-0.1, -0.05) is 58.2 Å². The lowest BCUT2D eigenvalue weighted by molar-refractivity contribution is 0.564. The van der Waals surface area contributed by atoms with Gasteiger partial charge in [0, 0.05) is 11.7 Å². The predicted molar refractivity (Wildman–Crippen MR) is 77.7 cm³/mol. The van der Waals surface area contributed by atoms with Gasteiger partial charge in [0.2, 0.25) is 0 Å². The molecule has 1 unspecified atom stereocenters. The zero-order valence-corrected chi connectivity index (χ0v) is 11.6. The van der Waals surface area contributed by atoms with Crippen molar-refractivity contribution in [3.05, 3.63) is 29.8 Å². The zero-order valence-electron chi connectivity index (χ0n) is 11.6. The van der Waals surface area contributed by atoms with Gasteiger partial charge < -0.3 is 5.32 Å². The summed E-state index contributed by atoms with van der Waals surface area (Å²) in [4.78, 5) is 0. The number of aryl methyl sites for hydroxylation is 1. The van der Waals surface area contributed by atoms with E-state index < -0.39 is 0 Å². The maximum absolute atomic E-state index is 3.73. The first kappa shape index (κ1) is 14.1. The minimum atomic E-state index is 0.646. The van der Waals surface area contributed by atoms with Crippen molar-refractivity contribution in [2.45, 2.75) is 65.3 Å². The highest BCUT2D eigenvalue weighted by atomic mass is 14.9. The van der Waals surface area contributed by atoms with Crippen LogP contribution in [0.15, 0.2) is 24.3 Å². The van der Waals surface area contributed by atoms with Crippen molar-refractivity contribution >= 4 is 5.69 Å². The van der Waals surface area contributed by atoms with Crippen LogP contribution in [0.3, 0.4) is 0 Å². The van der Waals surface area contributed by atoms with Gasteiger partial charge in [0.25, 0.3) is 0 Å². The number of anilines is 1. The van der Waals surface area contributed by atoms with Crippen molar-refractivity contribution in [3.63, 3.8) is 0 Å². The lowest BCUT2D eigenvalue weighted by atomic mass is 10.0. The number of para-hydroxylation sites is 1. The largest absolute Gasteiger partial charge is 0.382 e. The molecule has 0 fully saturated rings. The number of rotatable bonds is 8. The Balaban J connectivity index is 2.63. The Bertz CT molecular complexity index is 306. The Hall–Kier alpha value is -0.980. The van der Waals surface area contributed by atoms with Gasteiger partial charge in [-0.2, -0.15) is 0 Å². The van der Waals surface area contributed by atoms with Gasteiger partial charge in [0.1, 0.15) is 0 Å². The van der Waals surface area contributed by atoms with Crippen LogP contribution >= 0.6 is 0 Å². The fourth-order valence-corrected chi connectivity index (χ4v) is 2.28. The quantitative estimate of drug-likeness (QED) is 0.664. The molecule has 0 aliphatic carbocycles. The fraction of sp³-hybridized carbons (Fsp3) is 0.625. The van der Waals surface area contributed by atoms with Crippen LogP contribution in [0.25, 0.3) is 0 Å². The Morgan fingerprint density at radius 1 is 1.00 bits per heavy atom. The van der Waals surface area contributed by atoms with Crippen LogP contribution in [0, 0.1) is 0 Å². The lowest BCUT2D eigenvalue weighted by Gasteiger charge is -2.21. The highest BCUT2D eigenvalue weighted by Crippen LogP contribution is 2.19. The molecule has 1 aromatic carbocycles. The van der Waals surface area contributed by atoms with Crippen molar-refractivity contribution in [2.75, 3.05) is 5.32 Å². The third-order valence-corrected chi connectivity index (χ3v) is 3.30. The number of nitrogens with one attached hydrogen (secondary N) is 1. The smallest absolute Gasteiger partial charge is 0.0374 e. The van der Waals surface area contributed by atoms with Gasteiger partial charge in [-0.25, -0.2) is 0 Å². The Morgan fingerprint density at radius 2 is 1.76 bits per heavy atom. The molecular weight excluding hydrogens is 206 g/mol. The van der Waals surface area contributed by atoms with Crippen LogP contribution in [0.4, 0.5) is 5.69 Å². The highest BCUT2D eigenvalue weighted by molar-refractivity contribution is 5.51. The molecule has 0 saturated heterocycles. The monoisotopic (exact) mass is 233 g/mol. The second kappa shape index (κ2) is 8.16. The Labute approximate surface area is 107 Å². The lowest BCUT2D eigenvalue weighted by Crippen LogP contribution is -2.19. The summed E-state index contributed by atoms with van der Waals surface area (Å²) in [6, 6.07) is 9.35. The molecule has 0 heterocycles. The summed E-state index contributed by atoms with van der Waals surface area (Å²) >= 11 is 0. The number of hydrogen-bond donors (Lipinski definition) is 1. The van der Waals surface area contributed by atoms with Gasteiger partial charge in [-0.3, -0.25) is 0 Å². The van der Waals surface area contributed by atoms with E-state index in [4.69, 9.17) is 0 Å². The molecule has 1 nitrogen and oxygen atoms in total. The van der Waals surface area contributed by atoms with Crippen molar-refractivity contribution in [1.82, 2.24) is 0 Å². The zero-order chi connectivity index (χ0) is 12.5. The molecule has 1 atom stereocenters. The summed E-state index contributed by atoms with van der Waals surface area (Å²) in [6.45, 7) is 6.76. The standard InChI is InChI=1S/C16H27N/c1-4-7-12-15(10-5-2)17-16-13-9-8-11-14(16)6-3/h8-9,11,13,15,17H,4-7,10,12H2,1-3H3. The van der Waals surface area contributed by atoms with Crippen LogP contribution in [0.1, 0.15) is 58.4 Å². The second-order valence-electron chi connectivity index (χ2n) is 4.78. The van der Waals surface area contributed by atoms with E-state index in [-0.39, 0.29) is 0 Å². The molecule has 0 aliphatic heterocycles. The van der Waals surface area contributed by atoms with Gasteiger partial charge in [0.05, 0.1) is 0 Å². The molecule has 0 aromatic heterocycles. The molecule has 0 amide bonds. The van der Waals surface area contributed by atoms with Crippen molar-refractivity contribution in [1.29, 1.82) is 0 Å². The second-order valence-corrected chi connectivity index (χ2v) is 4.78. The molecule has 0 radical (unpaired) electrons. The summed E-state index contributed by atoms with van der Waals surface area (Å²) in [7, 11) is 0. The van der Waals surface area contributed by atoms with Gasteiger partial charge in [-0.15, -0.1) is 0 Å². The SMILES string of the molecule is CCCCC(CCC)Nc1ccccc1CC. The highest BCUT2D eigenvalue weighted by Gasteiger charge is 2.08. The average Bonchev–Trinajstić information content (AvgIpc) is 2.37. The summed E-state index contributed by atoms with van der Waals surface area (Å²) in [6.07, 6.45) is 7.55. The summed E-state index contributed by atoms with van der Waals surface area (Å²) in [5.74, 6) is 0. The molecule has 0 bridgehead atoms. The van der Waals surface area contributed by atoms with Crippen molar-refractivity contribution < 1.29 is 0 Å². The molecule has 17 heavy (non-hydrogen) atoms. The van der Waals surface area contributed by atoms with E-state index in [1.54, 1.807) is 0 Å².